The lowest BCUT2D eigenvalue weighted by molar-refractivity contribution is 0.482. The van der Waals surface area contributed by atoms with Gasteiger partial charge in [0.15, 0.2) is 0 Å². The van der Waals surface area contributed by atoms with E-state index in [1.54, 1.807) is 24.3 Å². The average Bonchev–Trinajstić information content (AvgIpc) is 1.91. The average molecular weight is 251 g/mol. The number of hydrogen-bond acceptors (Lipinski definition) is 2. The normalized spacial score (nSPS) is 11.5. The number of rotatable bonds is 2. The van der Waals surface area contributed by atoms with Crippen LogP contribution in [0.1, 0.15) is 5.56 Å². The molecule has 0 unspecified atom stereocenters. The van der Waals surface area contributed by atoms with Gasteiger partial charge in [0.25, 0.3) is 10.1 Å². The number of hydrogen-bond donors (Lipinski definition) is 1. The largest absolute Gasteiger partial charge is 0.285 e. The standard InChI is InChI=1S/C7H7BrO3S/c8-7-4-2-1-3-6(7)5-12(9,10)11/h1-4H,5H2,(H,9,10,11). The van der Waals surface area contributed by atoms with Crippen molar-refractivity contribution in [3.63, 3.8) is 0 Å². The van der Waals surface area contributed by atoms with Crippen molar-refractivity contribution >= 4 is 26.0 Å². The van der Waals surface area contributed by atoms with Gasteiger partial charge in [0, 0.05) is 4.47 Å². The van der Waals surface area contributed by atoms with Crippen molar-refractivity contribution in [1.82, 2.24) is 0 Å². The Morgan fingerprint density at radius 3 is 2.42 bits per heavy atom. The Balaban J connectivity index is 2.98. The fourth-order valence-electron chi connectivity index (χ4n) is 0.812. The maximum atomic E-state index is 10.5. The molecule has 0 amide bonds. The van der Waals surface area contributed by atoms with E-state index >= 15 is 0 Å². The smallest absolute Gasteiger partial charge is 0.269 e. The Hall–Kier alpha value is -0.390. The van der Waals surface area contributed by atoms with Gasteiger partial charge in [-0.3, -0.25) is 4.55 Å². The quantitative estimate of drug-likeness (QED) is 0.816. The predicted octanol–water partition coefficient (Wildman–Crippen LogP) is 1.84. The molecule has 12 heavy (non-hydrogen) atoms. The predicted molar refractivity (Wildman–Crippen MR) is 49.4 cm³/mol. The summed E-state index contributed by atoms with van der Waals surface area (Å²) in [5.41, 5.74) is 0.556. The first-order valence-electron chi connectivity index (χ1n) is 3.17. The van der Waals surface area contributed by atoms with Crippen LogP contribution in [0.4, 0.5) is 0 Å². The summed E-state index contributed by atoms with van der Waals surface area (Å²) in [4.78, 5) is 0. The molecule has 3 nitrogen and oxygen atoms in total. The molecule has 1 aromatic rings. The Labute approximate surface area is 79.3 Å². The fraction of sp³-hybridized carbons (Fsp3) is 0.143. The zero-order valence-corrected chi connectivity index (χ0v) is 8.47. The van der Waals surface area contributed by atoms with Crippen LogP contribution in [0.5, 0.6) is 0 Å². The van der Waals surface area contributed by atoms with Crippen LogP contribution in [-0.4, -0.2) is 13.0 Å². The molecule has 0 radical (unpaired) electrons. The van der Waals surface area contributed by atoms with E-state index in [4.69, 9.17) is 4.55 Å². The molecule has 0 aromatic heterocycles. The van der Waals surface area contributed by atoms with Gasteiger partial charge in [-0.05, 0) is 11.6 Å². The Morgan fingerprint density at radius 2 is 1.92 bits per heavy atom. The zero-order valence-electron chi connectivity index (χ0n) is 6.07. The van der Waals surface area contributed by atoms with E-state index in [2.05, 4.69) is 15.9 Å². The van der Waals surface area contributed by atoms with E-state index in [1.165, 1.54) is 0 Å². The molecule has 0 aliphatic rings. The van der Waals surface area contributed by atoms with Gasteiger partial charge in [0.1, 0.15) is 5.75 Å². The first-order valence-corrected chi connectivity index (χ1v) is 5.58. The SMILES string of the molecule is O=S(=O)(O)Cc1ccccc1Br. The highest BCUT2D eigenvalue weighted by Crippen LogP contribution is 2.17. The van der Waals surface area contributed by atoms with Gasteiger partial charge in [-0.2, -0.15) is 8.42 Å². The molecule has 66 valence electrons. The summed E-state index contributed by atoms with van der Waals surface area (Å²) in [5, 5.41) is 0. The first kappa shape index (κ1) is 9.70. The van der Waals surface area contributed by atoms with Crippen molar-refractivity contribution in [2.24, 2.45) is 0 Å². The molecular weight excluding hydrogens is 244 g/mol. The van der Waals surface area contributed by atoms with Gasteiger partial charge in [-0.1, -0.05) is 34.1 Å². The van der Waals surface area contributed by atoms with Crippen molar-refractivity contribution in [3.05, 3.63) is 34.3 Å². The molecule has 0 fully saturated rings. The molecule has 0 bridgehead atoms. The maximum absolute atomic E-state index is 10.5. The summed E-state index contributed by atoms with van der Waals surface area (Å²) in [6, 6.07) is 6.85. The molecule has 0 heterocycles. The molecule has 0 aliphatic carbocycles. The Bertz CT molecular complexity index is 372. The lowest BCUT2D eigenvalue weighted by Crippen LogP contribution is -2.01. The van der Waals surface area contributed by atoms with Crippen LogP contribution in [0, 0.1) is 0 Å². The van der Waals surface area contributed by atoms with Crippen LogP contribution in [0.3, 0.4) is 0 Å². The number of benzene rings is 1. The van der Waals surface area contributed by atoms with Crippen LogP contribution < -0.4 is 0 Å². The molecule has 0 spiro atoms. The third-order valence-electron chi connectivity index (χ3n) is 1.30. The summed E-state index contributed by atoms with van der Waals surface area (Å²) < 4.78 is 30.2. The zero-order chi connectivity index (χ0) is 9.19. The molecular formula is C7H7BrO3S. The van der Waals surface area contributed by atoms with Crippen molar-refractivity contribution in [3.8, 4) is 0 Å². The first-order chi connectivity index (χ1) is 5.49. The molecule has 1 aromatic carbocycles. The van der Waals surface area contributed by atoms with Crippen LogP contribution in [0.15, 0.2) is 28.7 Å². The van der Waals surface area contributed by atoms with Crippen molar-refractivity contribution < 1.29 is 13.0 Å². The number of halogens is 1. The molecule has 5 heteroatoms. The van der Waals surface area contributed by atoms with E-state index in [1.807, 2.05) is 0 Å². The highest BCUT2D eigenvalue weighted by Gasteiger charge is 2.08. The fourth-order valence-corrected chi connectivity index (χ4v) is 2.07. The van der Waals surface area contributed by atoms with E-state index in [-0.39, 0.29) is 5.75 Å². The molecule has 0 saturated carbocycles. The van der Waals surface area contributed by atoms with Crippen LogP contribution >= 0.6 is 15.9 Å². The van der Waals surface area contributed by atoms with Crippen molar-refractivity contribution in [1.29, 1.82) is 0 Å². The maximum Gasteiger partial charge on any atom is 0.269 e. The highest BCUT2D eigenvalue weighted by molar-refractivity contribution is 9.10. The Kier molecular flexibility index (Phi) is 2.87. The van der Waals surface area contributed by atoms with E-state index in [9.17, 15) is 8.42 Å². The Morgan fingerprint density at radius 1 is 1.33 bits per heavy atom. The molecule has 1 rings (SSSR count). The lowest BCUT2D eigenvalue weighted by atomic mass is 10.2. The minimum absolute atomic E-state index is 0.353. The second-order valence-electron chi connectivity index (χ2n) is 2.32. The van der Waals surface area contributed by atoms with E-state index < -0.39 is 10.1 Å². The second-order valence-corrected chi connectivity index (χ2v) is 4.62. The van der Waals surface area contributed by atoms with Gasteiger partial charge in [-0.15, -0.1) is 0 Å². The van der Waals surface area contributed by atoms with E-state index in [0.29, 0.717) is 10.0 Å². The summed E-state index contributed by atoms with van der Waals surface area (Å²) in [6.45, 7) is 0. The van der Waals surface area contributed by atoms with Crippen LogP contribution in [0.2, 0.25) is 0 Å². The van der Waals surface area contributed by atoms with Gasteiger partial charge in [0.2, 0.25) is 0 Å². The van der Waals surface area contributed by atoms with E-state index in [0.717, 1.165) is 0 Å². The summed E-state index contributed by atoms with van der Waals surface area (Å²) in [5.74, 6) is -0.353. The second kappa shape index (κ2) is 3.55. The third kappa shape index (κ3) is 2.92. The van der Waals surface area contributed by atoms with Gasteiger partial charge >= 0.3 is 0 Å². The summed E-state index contributed by atoms with van der Waals surface area (Å²) in [7, 11) is -3.93. The molecule has 0 atom stereocenters. The van der Waals surface area contributed by atoms with Crippen molar-refractivity contribution in [2.45, 2.75) is 5.75 Å². The minimum Gasteiger partial charge on any atom is -0.285 e. The van der Waals surface area contributed by atoms with Gasteiger partial charge < -0.3 is 0 Å². The van der Waals surface area contributed by atoms with Gasteiger partial charge in [0.05, 0.1) is 0 Å². The topological polar surface area (TPSA) is 54.4 Å². The minimum atomic E-state index is -3.93. The molecule has 0 aliphatic heterocycles. The molecule has 1 N–H and O–H groups in total. The van der Waals surface area contributed by atoms with Crippen molar-refractivity contribution in [2.75, 3.05) is 0 Å². The van der Waals surface area contributed by atoms with Crippen LogP contribution in [-0.2, 0) is 15.9 Å². The highest BCUT2D eigenvalue weighted by atomic mass is 79.9. The van der Waals surface area contributed by atoms with Crippen LogP contribution in [0.25, 0.3) is 0 Å². The monoisotopic (exact) mass is 250 g/mol. The van der Waals surface area contributed by atoms with Gasteiger partial charge in [-0.25, -0.2) is 0 Å². The summed E-state index contributed by atoms with van der Waals surface area (Å²) in [6.07, 6.45) is 0. The third-order valence-corrected chi connectivity index (χ3v) is 2.75. The molecule has 0 saturated heterocycles. The lowest BCUT2D eigenvalue weighted by Gasteiger charge is -2.00. The summed E-state index contributed by atoms with van der Waals surface area (Å²) >= 11 is 3.17.